The zero-order valence-electron chi connectivity index (χ0n) is 18.0. The Balaban J connectivity index is 1.49. The van der Waals surface area contributed by atoms with Gasteiger partial charge in [0.25, 0.3) is 5.56 Å². The van der Waals surface area contributed by atoms with E-state index in [1.54, 1.807) is 4.90 Å². The zero-order valence-corrected chi connectivity index (χ0v) is 19.6. The number of ether oxygens (including phenoxy) is 1. The molecule has 1 amide bonds. The van der Waals surface area contributed by atoms with Crippen molar-refractivity contribution >= 4 is 44.1 Å². The number of nitrogens with zero attached hydrogens (tertiary/aromatic N) is 2. The first-order valence-electron chi connectivity index (χ1n) is 10.4. The fourth-order valence-corrected chi connectivity index (χ4v) is 4.31. The van der Waals surface area contributed by atoms with Crippen molar-refractivity contribution in [2.24, 2.45) is 0 Å². The number of rotatable bonds is 1. The standard InChI is InChI=1S/C24H22BrN3O4/c1-24(2,3)32-23(30)28-9-8-13-10-14(4-5-15(13)12-28)21-26-19-17-11-16(25)6-7-18(17)31-20(19)22(29)27-21/h4-7,10-11H,8-9,12H2,1-3H3,(H,26,27,29). The molecule has 1 aliphatic rings. The third-order valence-corrected chi connectivity index (χ3v) is 5.92. The normalized spacial score (nSPS) is 14.1. The van der Waals surface area contributed by atoms with Crippen molar-refractivity contribution in [2.45, 2.75) is 39.3 Å². The van der Waals surface area contributed by atoms with Gasteiger partial charge in [-0.05, 0) is 62.6 Å². The molecule has 2 aromatic carbocycles. The van der Waals surface area contributed by atoms with Crippen LogP contribution in [0.15, 0.2) is 50.1 Å². The van der Waals surface area contributed by atoms with Crippen molar-refractivity contribution in [3.63, 3.8) is 0 Å². The number of fused-ring (bicyclic) bond motifs is 4. The van der Waals surface area contributed by atoms with E-state index < -0.39 is 5.60 Å². The third-order valence-electron chi connectivity index (χ3n) is 5.43. The largest absolute Gasteiger partial charge is 0.449 e. The van der Waals surface area contributed by atoms with Gasteiger partial charge in [-0.3, -0.25) is 4.79 Å². The van der Waals surface area contributed by atoms with Crippen LogP contribution in [0.25, 0.3) is 33.5 Å². The van der Waals surface area contributed by atoms with Crippen LogP contribution in [0.3, 0.4) is 0 Å². The Hall–Kier alpha value is -3.13. The van der Waals surface area contributed by atoms with E-state index in [0.29, 0.717) is 36.4 Å². The molecule has 1 aliphatic heterocycles. The lowest BCUT2D eigenvalue weighted by Gasteiger charge is -2.31. The van der Waals surface area contributed by atoms with Gasteiger partial charge in [-0.2, -0.15) is 0 Å². The molecule has 0 fully saturated rings. The van der Waals surface area contributed by atoms with Crippen LogP contribution < -0.4 is 5.56 Å². The molecule has 0 saturated heterocycles. The van der Waals surface area contributed by atoms with Gasteiger partial charge < -0.3 is 19.0 Å². The van der Waals surface area contributed by atoms with Gasteiger partial charge in [-0.25, -0.2) is 9.78 Å². The van der Waals surface area contributed by atoms with Crippen LogP contribution in [-0.4, -0.2) is 33.1 Å². The van der Waals surface area contributed by atoms with Crippen molar-refractivity contribution in [1.29, 1.82) is 0 Å². The second-order valence-corrected chi connectivity index (χ2v) is 9.89. The molecule has 0 saturated carbocycles. The summed E-state index contributed by atoms with van der Waals surface area (Å²) in [5.74, 6) is 0.488. The fourth-order valence-electron chi connectivity index (χ4n) is 3.95. The molecule has 164 valence electrons. The van der Waals surface area contributed by atoms with Crippen LogP contribution in [0, 0.1) is 0 Å². The summed E-state index contributed by atoms with van der Waals surface area (Å²) in [6.07, 6.45) is 0.401. The first-order valence-corrected chi connectivity index (χ1v) is 11.2. The molecule has 0 spiro atoms. The molecule has 0 aliphatic carbocycles. The van der Waals surface area contributed by atoms with Crippen molar-refractivity contribution in [2.75, 3.05) is 6.54 Å². The molecule has 1 N–H and O–H groups in total. The molecular formula is C24H22BrN3O4. The van der Waals surface area contributed by atoms with Crippen LogP contribution >= 0.6 is 15.9 Å². The molecule has 5 rings (SSSR count). The number of amides is 1. The minimum absolute atomic E-state index is 0.216. The molecule has 7 nitrogen and oxygen atoms in total. The van der Waals surface area contributed by atoms with Crippen molar-refractivity contribution in [3.05, 3.63) is 62.4 Å². The van der Waals surface area contributed by atoms with Gasteiger partial charge in [-0.15, -0.1) is 0 Å². The number of carbonyl (C=O) groups excluding carboxylic acids is 1. The van der Waals surface area contributed by atoms with E-state index >= 15 is 0 Å². The van der Waals surface area contributed by atoms with E-state index in [1.807, 2.05) is 57.2 Å². The molecule has 0 bridgehead atoms. The van der Waals surface area contributed by atoms with Crippen LogP contribution in [0.5, 0.6) is 0 Å². The highest BCUT2D eigenvalue weighted by molar-refractivity contribution is 9.10. The van der Waals surface area contributed by atoms with Crippen LogP contribution in [0.2, 0.25) is 0 Å². The van der Waals surface area contributed by atoms with Crippen molar-refractivity contribution < 1.29 is 13.9 Å². The predicted octanol–water partition coefficient (Wildman–Crippen LogP) is 5.39. The summed E-state index contributed by atoms with van der Waals surface area (Å²) in [4.78, 5) is 34.4. The second kappa shape index (κ2) is 7.48. The minimum atomic E-state index is -0.524. The van der Waals surface area contributed by atoms with E-state index in [0.717, 1.165) is 26.5 Å². The highest BCUT2D eigenvalue weighted by Gasteiger charge is 2.26. The van der Waals surface area contributed by atoms with Crippen LogP contribution in [0.1, 0.15) is 31.9 Å². The topological polar surface area (TPSA) is 88.4 Å². The number of halogens is 1. The highest BCUT2D eigenvalue weighted by Crippen LogP contribution is 2.30. The Labute approximate surface area is 192 Å². The first kappa shape index (κ1) is 20.8. The van der Waals surface area contributed by atoms with E-state index in [1.165, 1.54) is 0 Å². The summed E-state index contributed by atoms with van der Waals surface area (Å²) in [7, 11) is 0. The Bertz CT molecular complexity index is 1430. The number of benzene rings is 2. The van der Waals surface area contributed by atoms with Crippen LogP contribution in [0.4, 0.5) is 4.79 Å². The number of furan rings is 1. The van der Waals surface area contributed by atoms with Gasteiger partial charge in [0, 0.05) is 28.5 Å². The second-order valence-electron chi connectivity index (χ2n) is 8.97. The molecule has 3 heterocycles. The lowest BCUT2D eigenvalue weighted by Crippen LogP contribution is -2.39. The number of aromatic nitrogens is 2. The summed E-state index contributed by atoms with van der Waals surface area (Å²) in [5.41, 5.74) is 3.54. The maximum atomic E-state index is 12.7. The molecule has 0 radical (unpaired) electrons. The van der Waals surface area contributed by atoms with Crippen LogP contribution in [-0.2, 0) is 17.7 Å². The average Bonchev–Trinajstić information content (AvgIpc) is 3.10. The van der Waals surface area contributed by atoms with Gasteiger partial charge in [0.2, 0.25) is 5.58 Å². The smallest absolute Gasteiger partial charge is 0.410 e. The third kappa shape index (κ3) is 3.79. The van der Waals surface area contributed by atoms with Gasteiger partial charge in [-0.1, -0.05) is 28.1 Å². The van der Waals surface area contributed by atoms with Gasteiger partial charge in [0.05, 0.1) is 0 Å². The summed E-state index contributed by atoms with van der Waals surface area (Å²) in [6, 6.07) is 11.5. The first-order chi connectivity index (χ1) is 15.2. The fraction of sp³-hybridized carbons (Fsp3) is 0.292. The maximum absolute atomic E-state index is 12.7. The molecule has 0 unspecified atom stereocenters. The molecule has 0 atom stereocenters. The SMILES string of the molecule is CC(C)(C)OC(=O)N1CCc2cc(-c3nc4c(oc5ccc(Br)cc54)c(=O)[nH]3)ccc2C1. The van der Waals surface area contributed by atoms with Gasteiger partial charge in [0.15, 0.2) is 0 Å². The van der Waals surface area contributed by atoms with E-state index in [-0.39, 0.29) is 17.2 Å². The van der Waals surface area contributed by atoms with E-state index in [2.05, 4.69) is 20.9 Å². The maximum Gasteiger partial charge on any atom is 0.410 e. The quantitative estimate of drug-likeness (QED) is 0.382. The molecule has 4 aromatic rings. The Kier molecular flexibility index (Phi) is 4.85. The zero-order chi connectivity index (χ0) is 22.6. The van der Waals surface area contributed by atoms with Gasteiger partial charge >= 0.3 is 6.09 Å². The molecule has 2 aromatic heterocycles. The number of hydrogen-bond acceptors (Lipinski definition) is 5. The Morgan fingerprint density at radius 3 is 2.78 bits per heavy atom. The summed E-state index contributed by atoms with van der Waals surface area (Å²) in [6.45, 7) is 6.66. The van der Waals surface area contributed by atoms with E-state index in [4.69, 9.17) is 14.1 Å². The number of hydrogen-bond donors (Lipinski definition) is 1. The Morgan fingerprint density at radius 1 is 1.19 bits per heavy atom. The van der Waals surface area contributed by atoms with Crippen molar-refractivity contribution in [1.82, 2.24) is 14.9 Å². The lowest BCUT2D eigenvalue weighted by atomic mass is 9.97. The minimum Gasteiger partial charge on any atom is -0.449 e. The molecular weight excluding hydrogens is 474 g/mol. The average molecular weight is 496 g/mol. The summed E-state index contributed by atoms with van der Waals surface area (Å²) in [5, 5.41) is 0.785. The van der Waals surface area contributed by atoms with Gasteiger partial charge in [0.1, 0.15) is 22.5 Å². The van der Waals surface area contributed by atoms with E-state index in [9.17, 15) is 9.59 Å². The number of carbonyl (C=O) groups is 1. The number of nitrogens with one attached hydrogen (secondary N) is 1. The highest BCUT2D eigenvalue weighted by atomic mass is 79.9. The summed E-state index contributed by atoms with van der Waals surface area (Å²) >= 11 is 3.46. The summed E-state index contributed by atoms with van der Waals surface area (Å²) < 4.78 is 12.1. The van der Waals surface area contributed by atoms with Crippen molar-refractivity contribution in [3.8, 4) is 11.4 Å². The monoisotopic (exact) mass is 495 g/mol. The molecule has 8 heteroatoms. The number of H-pyrrole nitrogens is 1. The molecule has 32 heavy (non-hydrogen) atoms. The lowest BCUT2D eigenvalue weighted by molar-refractivity contribution is 0.0224. The predicted molar refractivity (Wildman–Crippen MR) is 126 cm³/mol. The Morgan fingerprint density at radius 2 is 2.00 bits per heavy atom. The number of aromatic amines is 1.